The van der Waals surface area contributed by atoms with Gasteiger partial charge >= 0.3 is 0 Å². The third kappa shape index (κ3) is 8.68. The SMILES string of the molecule is CS(=O)(=O)Nc1cccc(C(=O)NCCCOc2cccc(CN3CCCC(CO)C3)c2)c1. The van der Waals surface area contributed by atoms with Gasteiger partial charge in [0.25, 0.3) is 5.91 Å². The number of benzene rings is 2. The summed E-state index contributed by atoms with van der Waals surface area (Å²) in [6, 6.07) is 14.4. The molecule has 0 radical (unpaired) electrons. The van der Waals surface area contributed by atoms with Crippen molar-refractivity contribution in [3.63, 3.8) is 0 Å². The second kappa shape index (κ2) is 12.0. The van der Waals surface area contributed by atoms with Gasteiger partial charge < -0.3 is 15.2 Å². The van der Waals surface area contributed by atoms with Crippen LogP contribution in [0.1, 0.15) is 35.2 Å². The molecule has 1 heterocycles. The number of rotatable bonds is 11. The van der Waals surface area contributed by atoms with Crippen molar-refractivity contribution in [2.75, 3.05) is 43.8 Å². The normalized spacial score (nSPS) is 16.8. The summed E-state index contributed by atoms with van der Waals surface area (Å²) < 4.78 is 30.9. The van der Waals surface area contributed by atoms with E-state index >= 15 is 0 Å². The summed E-state index contributed by atoms with van der Waals surface area (Å²) in [7, 11) is -3.40. The summed E-state index contributed by atoms with van der Waals surface area (Å²) in [4.78, 5) is 14.7. The molecule has 180 valence electrons. The number of hydrogen-bond donors (Lipinski definition) is 3. The lowest BCUT2D eigenvalue weighted by Gasteiger charge is -2.31. The Kier molecular flexibility index (Phi) is 9.11. The number of amides is 1. The Balaban J connectivity index is 1.40. The quantitative estimate of drug-likeness (QED) is 0.431. The van der Waals surface area contributed by atoms with Crippen LogP contribution in [0.25, 0.3) is 0 Å². The van der Waals surface area contributed by atoms with Gasteiger partial charge in [0.15, 0.2) is 0 Å². The predicted molar refractivity (Wildman–Crippen MR) is 129 cm³/mol. The van der Waals surface area contributed by atoms with E-state index in [9.17, 15) is 18.3 Å². The van der Waals surface area contributed by atoms with Crippen LogP contribution in [-0.2, 0) is 16.6 Å². The molecule has 9 heteroatoms. The maximum atomic E-state index is 12.3. The average molecular weight is 476 g/mol. The van der Waals surface area contributed by atoms with Gasteiger partial charge in [0, 0.05) is 37.5 Å². The van der Waals surface area contributed by atoms with E-state index < -0.39 is 10.0 Å². The fraction of sp³-hybridized carbons (Fsp3) is 0.458. The Morgan fingerprint density at radius 1 is 1.21 bits per heavy atom. The molecule has 33 heavy (non-hydrogen) atoms. The van der Waals surface area contributed by atoms with E-state index in [0.717, 1.165) is 44.5 Å². The molecule has 3 N–H and O–H groups in total. The highest BCUT2D eigenvalue weighted by molar-refractivity contribution is 7.92. The third-order valence-corrected chi connectivity index (χ3v) is 6.08. The van der Waals surface area contributed by atoms with Crippen LogP contribution in [0, 0.1) is 5.92 Å². The van der Waals surface area contributed by atoms with Crippen molar-refractivity contribution in [2.45, 2.75) is 25.8 Å². The van der Waals surface area contributed by atoms with E-state index in [-0.39, 0.29) is 12.5 Å². The summed E-state index contributed by atoms with van der Waals surface area (Å²) in [5.74, 6) is 0.901. The molecule has 1 amide bonds. The Bertz CT molecular complexity index is 1030. The van der Waals surface area contributed by atoms with E-state index in [4.69, 9.17) is 4.74 Å². The van der Waals surface area contributed by atoms with Crippen LogP contribution < -0.4 is 14.8 Å². The molecule has 2 aromatic carbocycles. The van der Waals surface area contributed by atoms with Gasteiger partial charge in [-0.05, 0) is 67.6 Å². The molecule has 0 aliphatic carbocycles. The Labute approximate surface area is 196 Å². The standard InChI is InChI=1S/C24H33N3O5S/c1-33(30,31)26-22-9-3-8-21(15-22)24(29)25-11-5-13-32-23-10-2-6-19(14-23)16-27-12-4-7-20(17-27)18-28/h2-3,6,8-10,14-15,20,26,28H,4-5,7,11-13,16-18H2,1H3,(H,25,29). The Morgan fingerprint density at radius 3 is 2.82 bits per heavy atom. The van der Waals surface area contributed by atoms with Crippen molar-refractivity contribution in [3.8, 4) is 5.75 Å². The second-order valence-electron chi connectivity index (χ2n) is 8.49. The van der Waals surface area contributed by atoms with Crippen molar-refractivity contribution in [2.24, 2.45) is 5.92 Å². The number of anilines is 1. The first kappa shape index (κ1) is 25.0. The minimum Gasteiger partial charge on any atom is -0.494 e. The molecular weight excluding hydrogens is 442 g/mol. The molecule has 3 rings (SSSR count). The molecule has 0 aromatic heterocycles. The van der Waals surface area contributed by atoms with Crippen molar-refractivity contribution in [3.05, 3.63) is 59.7 Å². The van der Waals surface area contributed by atoms with Crippen LogP contribution >= 0.6 is 0 Å². The number of carbonyl (C=O) groups excluding carboxylic acids is 1. The summed E-state index contributed by atoms with van der Waals surface area (Å²) in [6.07, 6.45) is 3.92. The summed E-state index contributed by atoms with van der Waals surface area (Å²) in [6.45, 7) is 3.98. The molecule has 2 aromatic rings. The molecule has 1 aliphatic heterocycles. The molecule has 0 spiro atoms. The van der Waals surface area contributed by atoms with Crippen LogP contribution in [0.15, 0.2) is 48.5 Å². The first-order chi connectivity index (χ1) is 15.8. The number of hydrogen-bond acceptors (Lipinski definition) is 6. The monoisotopic (exact) mass is 475 g/mol. The van der Waals surface area contributed by atoms with E-state index in [0.29, 0.717) is 36.7 Å². The van der Waals surface area contributed by atoms with Gasteiger partial charge in [-0.25, -0.2) is 8.42 Å². The van der Waals surface area contributed by atoms with Crippen molar-refractivity contribution >= 4 is 21.6 Å². The molecular formula is C24H33N3O5S. The molecule has 0 saturated carbocycles. The first-order valence-corrected chi connectivity index (χ1v) is 13.1. The summed E-state index contributed by atoms with van der Waals surface area (Å²) in [5, 5.41) is 12.2. The van der Waals surface area contributed by atoms with Crippen LogP contribution in [0.2, 0.25) is 0 Å². The zero-order valence-electron chi connectivity index (χ0n) is 19.0. The number of ether oxygens (including phenoxy) is 1. The van der Waals surface area contributed by atoms with Gasteiger partial charge in [-0.3, -0.25) is 14.4 Å². The highest BCUT2D eigenvalue weighted by Crippen LogP contribution is 2.20. The van der Waals surface area contributed by atoms with Crippen molar-refractivity contribution in [1.29, 1.82) is 0 Å². The number of likely N-dealkylation sites (tertiary alicyclic amines) is 1. The van der Waals surface area contributed by atoms with E-state index in [1.807, 2.05) is 18.2 Å². The zero-order valence-corrected chi connectivity index (χ0v) is 19.8. The number of nitrogens with zero attached hydrogens (tertiary/aromatic N) is 1. The maximum absolute atomic E-state index is 12.3. The highest BCUT2D eigenvalue weighted by Gasteiger charge is 2.19. The van der Waals surface area contributed by atoms with Gasteiger partial charge in [0.2, 0.25) is 10.0 Å². The average Bonchev–Trinajstić information content (AvgIpc) is 2.78. The van der Waals surface area contributed by atoms with E-state index in [1.165, 1.54) is 11.6 Å². The highest BCUT2D eigenvalue weighted by atomic mass is 32.2. The van der Waals surface area contributed by atoms with Gasteiger partial charge in [0.1, 0.15) is 5.75 Å². The Morgan fingerprint density at radius 2 is 2.03 bits per heavy atom. The molecule has 1 atom stereocenters. The Hall–Kier alpha value is -2.62. The predicted octanol–water partition coefficient (Wildman–Crippen LogP) is 2.46. The minimum atomic E-state index is -3.40. The van der Waals surface area contributed by atoms with Gasteiger partial charge in [-0.1, -0.05) is 18.2 Å². The van der Waals surface area contributed by atoms with E-state index in [1.54, 1.807) is 18.2 Å². The number of sulfonamides is 1. The fourth-order valence-corrected chi connectivity index (χ4v) is 4.50. The molecule has 1 saturated heterocycles. The van der Waals surface area contributed by atoms with Crippen molar-refractivity contribution < 1.29 is 23.1 Å². The van der Waals surface area contributed by atoms with Crippen LogP contribution in [0.4, 0.5) is 5.69 Å². The fourth-order valence-electron chi connectivity index (χ4n) is 3.94. The number of nitrogens with one attached hydrogen (secondary N) is 2. The third-order valence-electron chi connectivity index (χ3n) is 5.47. The molecule has 8 nitrogen and oxygen atoms in total. The number of aliphatic hydroxyl groups excluding tert-OH is 1. The lowest BCUT2D eigenvalue weighted by molar-refractivity contribution is 0.0951. The lowest BCUT2D eigenvalue weighted by Crippen LogP contribution is -2.36. The molecule has 1 aliphatic rings. The van der Waals surface area contributed by atoms with Gasteiger partial charge in [0.05, 0.1) is 12.9 Å². The topological polar surface area (TPSA) is 108 Å². The molecule has 0 bridgehead atoms. The van der Waals surface area contributed by atoms with Gasteiger partial charge in [-0.2, -0.15) is 0 Å². The second-order valence-corrected chi connectivity index (χ2v) is 10.2. The number of aliphatic hydroxyl groups is 1. The van der Waals surface area contributed by atoms with Crippen LogP contribution in [0.5, 0.6) is 5.75 Å². The zero-order chi connectivity index (χ0) is 23.7. The first-order valence-electron chi connectivity index (χ1n) is 11.2. The maximum Gasteiger partial charge on any atom is 0.251 e. The number of carbonyl (C=O) groups is 1. The summed E-state index contributed by atoms with van der Waals surface area (Å²) in [5.41, 5.74) is 1.92. The lowest BCUT2D eigenvalue weighted by atomic mass is 9.98. The smallest absolute Gasteiger partial charge is 0.251 e. The van der Waals surface area contributed by atoms with Crippen LogP contribution in [0.3, 0.4) is 0 Å². The van der Waals surface area contributed by atoms with E-state index in [2.05, 4.69) is 21.0 Å². The van der Waals surface area contributed by atoms with Gasteiger partial charge in [-0.15, -0.1) is 0 Å². The largest absolute Gasteiger partial charge is 0.494 e. The molecule has 1 fully saturated rings. The summed E-state index contributed by atoms with van der Waals surface area (Å²) >= 11 is 0. The van der Waals surface area contributed by atoms with Crippen molar-refractivity contribution in [1.82, 2.24) is 10.2 Å². The number of piperidine rings is 1. The van der Waals surface area contributed by atoms with Crippen LogP contribution in [-0.4, -0.2) is 63.4 Å². The minimum absolute atomic E-state index is 0.249. The molecule has 1 unspecified atom stereocenters.